The van der Waals surface area contributed by atoms with Crippen molar-refractivity contribution in [1.29, 1.82) is 0 Å². The van der Waals surface area contributed by atoms with Gasteiger partial charge in [0.25, 0.3) is 5.88 Å². The van der Waals surface area contributed by atoms with Crippen LogP contribution in [0.25, 0.3) is 43.4 Å². The third-order valence-electron chi connectivity index (χ3n) is 21.7. The van der Waals surface area contributed by atoms with E-state index in [2.05, 4.69) is 57.9 Å². The van der Waals surface area contributed by atoms with Crippen molar-refractivity contribution in [3.63, 3.8) is 0 Å². The van der Waals surface area contributed by atoms with Gasteiger partial charge >= 0.3 is 12.1 Å². The van der Waals surface area contributed by atoms with Crippen molar-refractivity contribution in [2.24, 2.45) is 17.3 Å². The smallest absolute Gasteiger partial charge is 0.408 e. The number of ether oxygens (including phenoxy) is 4. The van der Waals surface area contributed by atoms with Crippen LogP contribution in [0.1, 0.15) is 141 Å². The van der Waals surface area contributed by atoms with Gasteiger partial charge in [-0.05, 0) is 153 Å². The number of nitrogens with one attached hydrogen (secondary N) is 1. The number of fused-ring (bicyclic) bond motifs is 5. The minimum absolute atomic E-state index is 0.0138. The predicted molar refractivity (Wildman–Crippen MR) is 360 cm³/mol. The summed E-state index contributed by atoms with van der Waals surface area (Å²) >= 11 is 1.59. The first-order valence-corrected chi connectivity index (χ1v) is 34.9. The van der Waals surface area contributed by atoms with Crippen molar-refractivity contribution in [1.82, 2.24) is 50.0 Å². The number of halogens is 1. The molecule has 0 radical (unpaired) electrons. The van der Waals surface area contributed by atoms with Gasteiger partial charge in [-0.2, -0.15) is 9.97 Å². The number of nitrogens with zero attached hydrogens (tertiary/aromatic N) is 10. The molecule has 6 aliphatic rings. The number of aliphatic hydroxyl groups is 1. The van der Waals surface area contributed by atoms with E-state index in [1.807, 2.05) is 87.8 Å². The first kappa shape index (κ1) is 66.1. The van der Waals surface area contributed by atoms with Crippen molar-refractivity contribution in [2.45, 2.75) is 167 Å². The lowest BCUT2D eigenvalue weighted by Gasteiger charge is -2.54. The van der Waals surface area contributed by atoms with Crippen molar-refractivity contribution in [2.75, 3.05) is 77.8 Å². The first-order valence-electron chi connectivity index (χ1n) is 34.0. The highest BCUT2D eigenvalue weighted by Crippen LogP contribution is 2.52. The van der Waals surface area contributed by atoms with Gasteiger partial charge in [0.2, 0.25) is 11.8 Å². The van der Waals surface area contributed by atoms with E-state index in [0.29, 0.717) is 85.8 Å². The number of amides is 3. The van der Waals surface area contributed by atoms with Gasteiger partial charge in [0.1, 0.15) is 41.3 Å². The van der Waals surface area contributed by atoms with Gasteiger partial charge in [-0.15, -0.1) is 11.3 Å². The van der Waals surface area contributed by atoms with Crippen LogP contribution in [0.2, 0.25) is 0 Å². The van der Waals surface area contributed by atoms with E-state index < -0.39 is 40.9 Å². The number of hydrogen-bond acceptors (Lipinski definition) is 18. The molecule has 0 saturated carbocycles. The Bertz CT molecular complexity index is 3970. The number of carboxylic acid groups (broad SMARTS) is 1. The molecule has 6 fully saturated rings. The van der Waals surface area contributed by atoms with E-state index in [-0.39, 0.29) is 78.3 Å². The number of pyridine rings is 1. The van der Waals surface area contributed by atoms with E-state index in [0.717, 1.165) is 103 Å². The van der Waals surface area contributed by atoms with Crippen molar-refractivity contribution >= 4 is 56.7 Å². The number of carbonyl (C=O) groups excluding carboxylic acids is 2. The molecule has 3 aromatic carbocycles. The Hall–Kier alpha value is -7.57. The molecule has 0 spiro atoms. The zero-order valence-corrected chi connectivity index (χ0v) is 56.9. The topological polar surface area (TPSA) is 234 Å². The van der Waals surface area contributed by atoms with Crippen LogP contribution in [0.15, 0.2) is 76.9 Å². The number of anilines is 1. The summed E-state index contributed by atoms with van der Waals surface area (Å²) in [6, 6.07) is 18.4. The van der Waals surface area contributed by atoms with Crippen LogP contribution in [0.4, 0.5) is 15.0 Å². The highest BCUT2D eigenvalue weighted by atomic mass is 32.1. The lowest BCUT2D eigenvalue weighted by atomic mass is 9.71. The number of thiazole rings is 1. The molecule has 6 aliphatic heterocycles. The quantitative estimate of drug-likeness (QED) is 0.0567. The number of benzene rings is 3. The highest BCUT2D eigenvalue weighted by Gasteiger charge is 2.60. The van der Waals surface area contributed by atoms with Crippen LogP contribution >= 0.6 is 11.3 Å². The average Bonchev–Trinajstić information content (AvgIpc) is 1.66. The number of rotatable bonds is 21. The standard InChI is InChI=1S/C72H90FN11O10S/c1-10-46-13-11-14-49-29-53(93-41-90-9)31-54(60(46)49)62-61(73)63-55(33-74-62)65(81-35-51-20-25-72(38-81,70(6,7)8)84(51)69(88)89)78-68(77-63)92-39-71-23-12-26-83(71)50(19-24-71)34-80-27-21-45(22-28-80)37-91-58-32-57(94-79-58)59(42(2)3)67(87)82-36-52(85)30-56(82)66(86)76-43(4)47-15-17-48(18-16-47)64-44(5)75-40-95-64/h11,13-18,29,31-33,40,42-43,45,50-52,56,59,85H,10,12,19-28,30,34-39,41H2,1-9H3,(H,76,86)(H,88,89)/t43-,50-,51?,52+,56-,59+,71+,72?/m0/s1. The van der Waals surface area contributed by atoms with Crippen LogP contribution < -0.4 is 24.4 Å². The Labute approximate surface area is 558 Å². The number of aliphatic hydroxyl groups excluding tert-OH is 1. The van der Waals surface area contributed by atoms with Gasteiger partial charge in [-0.25, -0.2) is 14.2 Å². The monoisotopic (exact) mass is 1320 g/mol. The van der Waals surface area contributed by atoms with Crippen LogP contribution in [-0.4, -0.2) is 181 Å². The number of methoxy groups -OCH3 is 1. The molecule has 506 valence electrons. The second kappa shape index (κ2) is 26.8. The van der Waals surface area contributed by atoms with Gasteiger partial charge in [-0.1, -0.05) is 84.0 Å². The third kappa shape index (κ3) is 12.7. The molecule has 23 heteroatoms. The maximum atomic E-state index is 18.0. The number of aromatic nitrogens is 5. The second-order valence-corrected chi connectivity index (χ2v) is 29.6. The molecular weight excluding hydrogens is 1230 g/mol. The molecule has 10 heterocycles. The fourth-order valence-corrected chi connectivity index (χ4v) is 17.4. The van der Waals surface area contributed by atoms with Gasteiger partial charge in [0, 0.05) is 63.6 Å². The Kier molecular flexibility index (Phi) is 18.6. The predicted octanol–water partition coefficient (Wildman–Crippen LogP) is 11.4. The van der Waals surface area contributed by atoms with Gasteiger partial charge in [-0.3, -0.25) is 24.4 Å². The van der Waals surface area contributed by atoms with E-state index in [1.54, 1.807) is 35.6 Å². The molecule has 6 saturated heterocycles. The highest BCUT2D eigenvalue weighted by molar-refractivity contribution is 7.13. The summed E-state index contributed by atoms with van der Waals surface area (Å²) in [5, 5.41) is 31.1. The molecule has 4 aromatic heterocycles. The molecule has 2 bridgehead atoms. The fraction of sp³-hybridized carbons (Fsp3) is 0.556. The maximum Gasteiger partial charge on any atom is 0.408 e. The molecule has 8 atom stereocenters. The zero-order chi connectivity index (χ0) is 66.7. The summed E-state index contributed by atoms with van der Waals surface area (Å²) in [6.45, 7) is 21.4. The number of piperazine rings is 1. The van der Waals surface area contributed by atoms with Gasteiger partial charge < -0.3 is 53.7 Å². The lowest BCUT2D eigenvalue weighted by Crippen LogP contribution is -2.68. The number of hydrogen-bond donors (Lipinski definition) is 3. The molecular formula is C72H90FN11O10S. The Morgan fingerprint density at radius 3 is 2.46 bits per heavy atom. The minimum Gasteiger partial charge on any atom is -0.475 e. The second-order valence-electron chi connectivity index (χ2n) is 28.8. The Morgan fingerprint density at radius 2 is 1.74 bits per heavy atom. The Morgan fingerprint density at radius 1 is 0.937 bits per heavy atom. The van der Waals surface area contributed by atoms with E-state index in [4.69, 9.17) is 38.4 Å². The zero-order valence-electron chi connectivity index (χ0n) is 56.1. The Balaban J connectivity index is 0.660. The van der Waals surface area contributed by atoms with E-state index in [9.17, 15) is 24.6 Å². The van der Waals surface area contributed by atoms with Crippen molar-refractivity contribution < 1.29 is 52.5 Å². The molecule has 3 amide bonds. The van der Waals surface area contributed by atoms with Crippen molar-refractivity contribution in [3.05, 3.63) is 101 Å². The number of likely N-dealkylation sites (tertiary alicyclic amines) is 2. The van der Waals surface area contributed by atoms with E-state index in [1.165, 1.54) is 4.90 Å². The molecule has 21 nitrogen and oxygen atoms in total. The van der Waals surface area contributed by atoms with Crippen molar-refractivity contribution in [3.8, 4) is 39.3 Å². The van der Waals surface area contributed by atoms with Crippen LogP contribution in [-0.2, 0) is 20.7 Å². The fourth-order valence-electron chi connectivity index (χ4n) is 16.6. The molecule has 2 unspecified atom stereocenters. The SMILES string of the molecule is CCc1cccc2cc(OCOC)cc(-c3ncc4c(N5CC6CCC(C(C)(C)C)(C5)N6C(=O)O)nc(OC[C@]56CCCN5[C@H](CN5CCC(COc7cc([C@H](C(=O)N8C[C@H](O)C[C@H]8C(=O)N[C@@H](C)c8ccc(-c9scnc9C)cc8)C(C)C)on7)CC5)CC6)nc4c3F)c12. The molecule has 7 aromatic rings. The first-order chi connectivity index (χ1) is 45.7. The summed E-state index contributed by atoms with van der Waals surface area (Å²) in [5.41, 5.74) is 5.19. The number of β-amino-alcohol motifs (C(OH)–C–C–N with tert-alkyl or cyclic N) is 1. The van der Waals surface area contributed by atoms with Crippen LogP contribution in [0.3, 0.4) is 0 Å². The summed E-state index contributed by atoms with van der Waals surface area (Å²) in [7, 11) is 1.56. The molecule has 13 rings (SSSR count). The van der Waals surface area contributed by atoms with E-state index >= 15 is 4.39 Å². The van der Waals surface area contributed by atoms with Crippen LogP contribution in [0, 0.1) is 30.0 Å². The van der Waals surface area contributed by atoms with Gasteiger partial charge in [0.15, 0.2) is 18.4 Å². The summed E-state index contributed by atoms with van der Waals surface area (Å²) in [6.07, 6.45) is 7.92. The summed E-state index contributed by atoms with van der Waals surface area (Å²) in [4.78, 5) is 72.4. The largest absolute Gasteiger partial charge is 0.475 e. The molecule has 0 aliphatic carbocycles. The van der Waals surface area contributed by atoms with Gasteiger partial charge in [0.05, 0.1) is 57.3 Å². The summed E-state index contributed by atoms with van der Waals surface area (Å²) in [5.74, 6) is -0.239. The molecule has 3 N–H and O–H groups in total. The average molecular weight is 1320 g/mol. The maximum absolute atomic E-state index is 18.0. The lowest BCUT2D eigenvalue weighted by molar-refractivity contribution is -0.141. The number of carbonyl (C=O) groups is 3. The summed E-state index contributed by atoms with van der Waals surface area (Å²) < 4.78 is 48.3. The number of piperidine rings is 1. The minimum atomic E-state index is -0.934. The number of aryl methyl sites for hydroxylation is 2. The third-order valence-corrected chi connectivity index (χ3v) is 22.7. The van der Waals surface area contributed by atoms with Crippen LogP contribution in [0.5, 0.6) is 17.6 Å². The molecule has 95 heavy (non-hydrogen) atoms. The normalized spacial score (nSPS) is 24.1.